The zero-order valence-corrected chi connectivity index (χ0v) is 16.3. The highest BCUT2D eigenvalue weighted by molar-refractivity contribution is 5.94. The van der Waals surface area contributed by atoms with Gasteiger partial charge in [0.1, 0.15) is 0 Å². The van der Waals surface area contributed by atoms with E-state index >= 15 is 0 Å². The Kier molecular flexibility index (Phi) is 6.26. The molecule has 1 aromatic carbocycles. The maximum atomic E-state index is 12.6. The summed E-state index contributed by atoms with van der Waals surface area (Å²) in [4.78, 5) is 26.4. The molecule has 2 rings (SSSR count). The SMILES string of the molecule is Cc1ccc(NC(=O)CN(C)C(=O)C2CCC(C(C)(C)C)CC2)cc1. The average Bonchev–Trinajstić information content (AvgIpc) is 2.55. The summed E-state index contributed by atoms with van der Waals surface area (Å²) in [5.41, 5.74) is 2.23. The quantitative estimate of drug-likeness (QED) is 0.888. The van der Waals surface area contributed by atoms with Crippen LogP contribution in [0.1, 0.15) is 52.0 Å². The second kappa shape index (κ2) is 8.03. The van der Waals surface area contributed by atoms with Gasteiger partial charge in [-0.05, 0) is 56.1 Å². The summed E-state index contributed by atoms with van der Waals surface area (Å²) in [6, 6.07) is 7.67. The van der Waals surface area contributed by atoms with E-state index in [9.17, 15) is 9.59 Å². The summed E-state index contributed by atoms with van der Waals surface area (Å²) >= 11 is 0. The van der Waals surface area contributed by atoms with Crippen LogP contribution >= 0.6 is 0 Å². The van der Waals surface area contributed by atoms with Crippen molar-refractivity contribution in [3.8, 4) is 0 Å². The van der Waals surface area contributed by atoms with Crippen molar-refractivity contribution in [3.63, 3.8) is 0 Å². The van der Waals surface area contributed by atoms with Crippen LogP contribution in [0.5, 0.6) is 0 Å². The minimum absolute atomic E-state index is 0.0655. The molecule has 0 spiro atoms. The van der Waals surface area contributed by atoms with Gasteiger partial charge in [-0.3, -0.25) is 9.59 Å². The lowest BCUT2D eigenvalue weighted by Crippen LogP contribution is -2.40. The molecule has 0 aliphatic heterocycles. The van der Waals surface area contributed by atoms with Gasteiger partial charge < -0.3 is 10.2 Å². The first-order chi connectivity index (χ1) is 11.7. The monoisotopic (exact) mass is 344 g/mol. The lowest BCUT2D eigenvalue weighted by Gasteiger charge is -2.37. The molecule has 1 aliphatic rings. The number of carbonyl (C=O) groups excluding carboxylic acids is 2. The van der Waals surface area contributed by atoms with E-state index < -0.39 is 0 Å². The Bertz CT molecular complexity index is 593. The van der Waals surface area contributed by atoms with Gasteiger partial charge in [-0.1, -0.05) is 38.5 Å². The summed E-state index contributed by atoms with van der Waals surface area (Å²) in [7, 11) is 1.73. The summed E-state index contributed by atoms with van der Waals surface area (Å²) in [6.45, 7) is 8.95. The number of amides is 2. The Morgan fingerprint density at radius 1 is 1.08 bits per heavy atom. The minimum Gasteiger partial charge on any atom is -0.336 e. The van der Waals surface area contributed by atoms with Crippen LogP contribution in [0.25, 0.3) is 0 Å². The molecule has 1 aliphatic carbocycles. The number of likely N-dealkylation sites (N-methyl/N-ethyl adjacent to an activating group) is 1. The Balaban J connectivity index is 1.82. The van der Waals surface area contributed by atoms with Crippen LogP contribution in [0, 0.1) is 24.2 Å². The molecule has 0 unspecified atom stereocenters. The first-order valence-electron chi connectivity index (χ1n) is 9.28. The summed E-state index contributed by atoms with van der Waals surface area (Å²) in [5, 5.41) is 2.85. The molecule has 25 heavy (non-hydrogen) atoms. The molecule has 0 radical (unpaired) electrons. The van der Waals surface area contributed by atoms with Crippen molar-refractivity contribution in [2.75, 3.05) is 18.9 Å². The van der Waals surface area contributed by atoms with Gasteiger partial charge >= 0.3 is 0 Å². The van der Waals surface area contributed by atoms with E-state index in [-0.39, 0.29) is 24.3 Å². The number of nitrogens with zero attached hydrogens (tertiary/aromatic N) is 1. The molecule has 4 nitrogen and oxygen atoms in total. The number of carbonyl (C=O) groups is 2. The molecular formula is C21H32N2O2. The molecule has 1 fully saturated rings. The summed E-state index contributed by atoms with van der Waals surface area (Å²) in [5.74, 6) is 0.706. The van der Waals surface area contributed by atoms with Gasteiger partial charge in [-0.2, -0.15) is 0 Å². The second-order valence-corrected chi connectivity index (χ2v) is 8.52. The third-order valence-corrected chi connectivity index (χ3v) is 5.39. The minimum atomic E-state index is -0.150. The highest BCUT2D eigenvalue weighted by atomic mass is 16.2. The van der Waals surface area contributed by atoms with E-state index in [1.807, 2.05) is 31.2 Å². The van der Waals surface area contributed by atoms with Crippen LogP contribution in [0.15, 0.2) is 24.3 Å². The number of benzene rings is 1. The van der Waals surface area contributed by atoms with E-state index in [4.69, 9.17) is 0 Å². The van der Waals surface area contributed by atoms with Crippen LogP contribution < -0.4 is 5.32 Å². The standard InChI is InChI=1S/C21H32N2O2/c1-15-6-12-18(13-7-15)22-19(24)14-23(5)20(25)16-8-10-17(11-9-16)21(2,3)4/h6-7,12-13,16-17H,8-11,14H2,1-5H3,(H,22,24). The fourth-order valence-corrected chi connectivity index (χ4v) is 3.65. The van der Waals surface area contributed by atoms with Gasteiger partial charge in [0.2, 0.25) is 11.8 Å². The molecule has 0 saturated heterocycles. The molecule has 4 heteroatoms. The zero-order chi connectivity index (χ0) is 18.6. The molecule has 0 aromatic heterocycles. The van der Waals surface area contributed by atoms with E-state index in [2.05, 4.69) is 26.1 Å². The number of hydrogen-bond donors (Lipinski definition) is 1. The van der Waals surface area contributed by atoms with Crippen LogP contribution in [0.2, 0.25) is 0 Å². The summed E-state index contributed by atoms with van der Waals surface area (Å²) < 4.78 is 0. The number of anilines is 1. The smallest absolute Gasteiger partial charge is 0.243 e. The maximum absolute atomic E-state index is 12.6. The summed E-state index contributed by atoms with van der Waals surface area (Å²) in [6.07, 6.45) is 4.07. The van der Waals surface area contributed by atoms with Gasteiger partial charge in [0.25, 0.3) is 0 Å². The van der Waals surface area contributed by atoms with Crippen molar-refractivity contribution < 1.29 is 9.59 Å². The van der Waals surface area contributed by atoms with Gasteiger partial charge in [-0.15, -0.1) is 0 Å². The number of nitrogens with one attached hydrogen (secondary N) is 1. The Labute approximate surface area is 152 Å². The number of hydrogen-bond acceptors (Lipinski definition) is 2. The molecule has 1 saturated carbocycles. The van der Waals surface area contributed by atoms with Crippen LogP contribution in [0.4, 0.5) is 5.69 Å². The highest BCUT2D eigenvalue weighted by Crippen LogP contribution is 2.40. The molecular weight excluding hydrogens is 312 g/mol. The first kappa shape index (κ1) is 19.5. The van der Waals surface area contributed by atoms with E-state index in [0.717, 1.165) is 36.9 Å². The van der Waals surface area contributed by atoms with E-state index in [1.165, 1.54) is 0 Å². The lowest BCUT2D eigenvalue weighted by molar-refractivity contribution is -0.138. The van der Waals surface area contributed by atoms with Gasteiger partial charge in [-0.25, -0.2) is 0 Å². The molecule has 0 atom stereocenters. The molecule has 2 amide bonds. The van der Waals surface area contributed by atoms with Crippen LogP contribution in [0.3, 0.4) is 0 Å². The van der Waals surface area contributed by atoms with Crippen molar-refractivity contribution in [2.45, 2.75) is 53.4 Å². The normalized spacial score (nSPS) is 20.8. The second-order valence-electron chi connectivity index (χ2n) is 8.52. The van der Waals surface area contributed by atoms with Gasteiger partial charge in [0.05, 0.1) is 6.54 Å². The molecule has 0 heterocycles. The van der Waals surface area contributed by atoms with E-state index in [1.54, 1.807) is 11.9 Å². The lowest BCUT2D eigenvalue weighted by atomic mass is 9.69. The molecule has 138 valence electrons. The predicted molar refractivity (Wildman–Crippen MR) is 102 cm³/mol. The fourth-order valence-electron chi connectivity index (χ4n) is 3.65. The number of aryl methyl sites for hydroxylation is 1. The third kappa shape index (κ3) is 5.58. The van der Waals surface area contributed by atoms with Crippen LogP contribution in [-0.2, 0) is 9.59 Å². The van der Waals surface area contributed by atoms with Crippen molar-refractivity contribution >= 4 is 17.5 Å². The van der Waals surface area contributed by atoms with Gasteiger partial charge in [0, 0.05) is 18.7 Å². The Morgan fingerprint density at radius 3 is 2.16 bits per heavy atom. The van der Waals surface area contributed by atoms with Crippen molar-refractivity contribution in [3.05, 3.63) is 29.8 Å². The van der Waals surface area contributed by atoms with Crippen molar-refractivity contribution in [2.24, 2.45) is 17.3 Å². The topological polar surface area (TPSA) is 49.4 Å². The van der Waals surface area contributed by atoms with Crippen molar-refractivity contribution in [1.29, 1.82) is 0 Å². The predicted octanol–water partition coefficient (Wildman–Crippen LogP) is 4.24. The maximum Gasteiger partial charge on any atom is 0.243 e. The number of rotatable bonds is 4. The fraction of sp³-hybridized carbons (Fsp3) is 0.619. The first-order valence-corrected chi connectivity index (χ1v) is 9.28. The van der Waals surface area contributed by atoms with Crippen molar-refractivity contribution in [1.82, 2.24) is 4.90 Å². The molecule has 1 N–H and O–H groups in total. The zero-order valence-electron chi connectivity index (χ0n) is 16.3. The molecule has 1 aromatic rings. The molecule has 0 bridgehead atoms. The Hall–Kier alpha value is -1.84. The highest BCUT2D eigenvalue weighted by Gasteiger charge is 2.33. The Morgan fingerprint density at radius 2 is 1.64 bits per heavy atom. The van der Waals surface area contributed by atoms with Crippen LogP contribution in [-0.4, -0.2) is 30.3 Å². The average molecular weight is 344 g/mol. The van der Waals surface area contributed by atoms with Gasteiger partial charge in [0.15, 0.2) is 0 Å². The van der Waals surface area contributed by atoms with E-state index in [0.29, 0.717) is 11.3 Å². The largest absolute Gasteiger partial charge is 0.336 e. The third-order valence-electron chi connectivity index (χ3n) is 5.39.